The van der Waals surface area contributed by atoms with Crippen molar-refractivity contribution in [3.05, 3.63) is 47.6 Å². The second kappa shape index (κ2) is 9.06. The minimum absolute atomic E-state index is 0.0132. The Hall–Kier alpha value is -3.91. The fraction of sp³-hybridized carbons (Fsp3) is 0.462. The molecule has 1 aliphatic carbocycles. The molecule has 0 spiro atoms. The van der Waals surface area contributed by atoms with Gasteiger partial charge in [-0.3, -0.25) is 9.78 Å². The summed E-state index contributed by atoms with van der Waals surface area (Å²) in [5.74, 6) is -0.195. The van der Waals surface area contributed by atoms with E-state index in [-0.39, 0.29) is 40.4 Å². The van der Waals surface area contributed by atoms with Gasteiger partial charge in [0.2, 0.25) is 5.82 Å². The Labute approximate surface area is 229 Å². The van der Waals surface area contributed by atoms with Crippen LogP contribution in [0, 0.1) is 0 Å². The molecule has 4 aromatic rings. The molecule has 3 aliphatic rings. The molecule has 1 amide bonds. The third-order valence-corrected chi connectivity index (χ3v) is 9.72. The van der Waals surface area contributed by atoms with E-state index in [2.05, 4.69) is 25.3 Å². The molecule has 2 fully saturated rings. The number of nitrogen functional groups attached to an aromatic ring is 1. The number of aromatic amines is 1. The van der Waals surface area contributed by atoms with E-state index in [1.165, 1.54) is 10.8 Å². The zero-order valence-electron chi connectivity index (χ0n) is 21.9. The van der Waals surface area contributed by atoms with E-state index in [0.717, 1.165) is 43.1 Å². The van der Waals surface area contributed by atoms with Crippen LogP contribution in [0.1, 0.15) is 78.1 Å². The van der Waals surface area contributed by atoms with Gasteiger partial charge in [0.05, 0.1) is 23.7 Å². The Morgan fingerprint density at radius 3 is 2.62 bits per heavy atom. The van der Waals surface area contributed by atoms with Gasteiger partial charge in [-0.25, -0.2) is 13.4 Å². The van der Waals surface area contributed by atoms with Crippen LogP contribution < -0.4 is 5.73 Å². The predicted molar refractivity (Wildman–Crippen MR) is 143 cm³/mol. The van der Waals surface area contributed by atoms with Crippen molar-refractivity contribution in [2.24, 2.45) is 0 Å². The number of aryl methyl sites for hydroxylation is 1. The highest BCUT2D eigenvalue weighted by Gasteiger charge is 2.46. The van der Waals surface area contributed by atoms with Gasteiger partial charge >= 0.3 is 0 Å². The number of aromatic nitrogens is 7. The highest BCUT2D eigenvalue weighted by atomic mass is 32.2. The minimum atomic E-state index is -3.75. The number of pyridine rings is 1. The van der Waals surface area contributed by atoms with Gasteiger partial charge < -0.3 is 20.7 Å². The highest BCUT2D eigenvalue weighted by molar-refractivity contribution is 7.91. The second-order valence-electron chi connectivity index (χ2n) is 11.1. The number of amides is 1. The van der Waals surface area contributed by atoms with Gasteiger partial charge in [-0.2, -0.15) is 9.61 Å². The van der Waals surface area contributed by atoms with E-state index in [0.29, 0.717) is 41.9 Å². The Balaban J connectivity index is 1.31. The van der Waals surface area contributed by atoms with Crippen molar-refractivity contribution < 1.29 is 18.3 Å². The zero-order chi connectivity index (χ0) is 27.8. The lowest BCUT2D eigenvalue weighted by atomic mass is 9.87. The first kappa shape index (κ1) is 25.1. The number of nitrogens with one attached hydrogen (secondary N) is 1. The molecule has 2 bridgehead atoms. The minimum Gasteiger partial charge on any atom is -0.387 e. The standard InChI is InChI=1S/C26H29N9O4S/c1-40(38,39)22-21(14-8-16-5-6-17(9-14)34(16)26(37)24-29-12-30-33-24)32-25-18(11-31-35(25)23(22)27)15-7-13-3-2-4-19(36)20(13)28-10-15/h7,10-12,14,16-17,19,36H,2-6,8-9,27H2,1H3,(H,29,30,33)/t14?,16-,17?,19?/m1/s1. The first-order valence-corrected chi connectivity index (χ1v) is 15.3. The maximum Gasteiger partial charge on any atom is 0.292 e. The van der Waals surface area contributed by atoms with Crippen LogP contribution in [0.15, 0.2) is 29.7 Å². The van der Waals surface area contributed by atoms with Crippen molar-refractivity contribution in [2.75, 3.05) is 12.0 Å². The van der Waals surface area contributed by atoms with E-state index in [1.807, 2.05) is 11.0 Å². The number of carbonyl (C=O) groups excluding carboxylic acids is 1. The summed E-state index contributed by atoms with van der Waals surface area (Å²) in [6.45, 7) is 0. The van der Waals surface area contributed by atoms with Gasteiger partial charge in [0.15, 0.2) is 15.5 Å². The van der Waals surface area contributed by atoms with Crippen LogP contribution in [0.25, 0.3) is 16.8 Å². The molecule has 3 unspecified atom stereocenters. The number of nitrogens with zero attached hydrogens (tertiary/aromatic N) is 7. The lowest BCUT2D eigenvalue weighted by molar-refractivity contribution is 0.0556. The van der Waals surface area contributed by atoms with Crippen molar-refractivity contribution in [3.8, 4) is 11.1 Å². The topological polar surface area (TPSA) is 185 Å². The van der Waals surface area contributed by atoms with Crippen molar-refractivity contribution in [2.45, 2.75) is 73.9 Å². The fourth-order valence-corrected chi connectivity index (χ4v) is 7.89. The summed E-state index contributed by atoms with van der Waals surface area (Å²) < 4.78 is 27.5. The number of fused-ring (bicyclic) bond motifs is 4. The lowest BCUT2D eigenvalue weighted by Crippen LogP contribution is -2.46. The Morgan fingerprint density at radius 1 is 1.15 bits per heavy atom. The molecule has 0 aromatic carbocycles. The first-order valence-electron chi connectivity index (χ1n) is 13.4. The number of rotatable bonds is 4. The number of hydrogen-bond donors (Lipinski definition) is 3. The van der Waals surface area contributed by atoms with Crippen molar-refractivity contribution >= 4 is 27.2 Å². The molecule has 4 aromatic heterocycles. The maximum atomic E-state index is 13.1. The number of aliphatic hydroxyl groups excluding tert-OH is 1. The summed E-state index contributed by atoms with van der Waals surface area (Å²) in [6, 6.07) is 1.85. The Bertz CT molecular complexity index is 1740. The smallest absolute Gasteiger partial charge is 0.292 e. The summed E-state index contributed by atoms with van der Waals surface area (Å²) in [5, 5.41) is 22.4. The average Bonchev–Trinajstić information content (AvgIpc) is 3.66. The van der Waals surface area contributed by atoms with E-state index in [1.54, 1.807) is 12.4 Å². The fourth-order valence-electron chi connectivity index (χ4n) is 6.83. The SMILES string of the molecule is CS(=O)(=O)c1c(C2CC3CC[C@H](C2)N3C(=O)c2nnc[nH]2)nc2c(-c3cnc4c(c3)CCCC4O)cnn2c1N. The molecule has 2 aliphatic heterocycles. The summed E-state index contributed by atoms with van der Waals surface area (Å²) >= 11 is 0. The monoisotopic (exact) mass is 563 g/mol. The molecule has 40 heavy (non-hydrogen) atoms. The van der Waals surface area contributed by atoms with Gasteiger partial charge in [0, 0.05) is 41.6 Å². The molecular weight excluding hydrogens is 534 g/mol. The predicted octanol–water partition coefficient (Wildman–Crippen LogP) is 1.82. The third kappa shape index (κ3) is 3.88. The quantitative estimate of drug-likeness (QED) is 0.331. The molecule has 2 saturated heterocycles. The summed E-state index contributed by atoms with van der Waals surface area (Å²) in [4.78, 5) is 27.2. The van der Waals surface area contributed by atoms with Gasteiger partial charge in [0.1, 0.15) is 17.0 Å². The van der Waals surface area contributed by atoms with Crippen LogP contribution in [0.3, 0.4) is 0 Å². The molecule has 6 heterocycles. The van der Waals surface area contributed by atoms with Crippen LogP contribution in [0.4, 0.5) is 5.82 Å². The molecule has 0 radical (unpaired) electrons. The summed E-state index contributed by atoms with van der Waals surface area (Å²) in [6.07, 6.45) is 10.4. The summed E-state index contributed by atoms with van der Waals surface area (Å²) in [7, 11) is -3.75. The molecular formula is C26H29N9O4S. The van der Waals surface area contributed by atoms with E-state index < -0.39 is 15.9 Å². The van der Waals surface area contributed by atoms with Gasteiger partial charge in [-0.1, -0.05) is 0 Å². The number of nitrogens with two attached hydrogens (primary N) is 1. The molecule has 13 nitrogen and oxygen atoms in total. The normalized spacial score (nSPS) is 24.4. The molecule has 208 valence electrons. The largest absolute Gasteiger partial charge is 0.387 e. The first-order chi connectivity index (χ1) is 19.2. The molecule has 7 rings (SSSR count). The Morgan fingerprint density at radius 2 is 1.93 bits per heavy atom. The molecule has 4 N–H and O–H groups in total. The van der Waals surface area contributed by atoms with Crippen molar-refractivity contribution in [1.82, 2.24) is 39.7 Å². The number of aliphatic hydroxyl groups is 1. The van der Waals surface area contributed by atoms with Crippen LogP contribution in [-0.2, 0) is 16.3 Å². The Kier molecular flexibility index (Phi) is 5.68. The average molecular weight is 564 g/mol. The van der Waals surface area contributed by atoms with Gasteiger partial charge in [0.25, 0.3) is 5.91 Å². The van der Waals surface area contributed by atoms with Crippen LogP contribution in [0.5, 0.6) is 0 Å². The number of H-pyrrole nitrogens is 1. The van der Waals surface area contributed by atoms with Crippen molar-refractivity contribution in [3.63, 3.8) is 0 Å². The van der Waals surface area contributed by atoms with Crippen molar-refractivity contribution in [1.29, 1.82) is 0 Å². The number of anilines is 1. The highest BCUT2D eigenvalue weighted by Crippen LogP contribution is 2.45. The lowest BCUT2D eigenvalue weighted by Gasteiger charge is -2.38. The second-order valence-corrected chi connectivity index (χ2v) is 13.0. The van der Waals surface area contributed by atoms with E-state index in [9.17, 15) is 18.3 Å². The maximum absolute atomic E-state index is 13.1. The van der Waals surface area contributed by atoms with E-state index >= 15 is 0 Å². The van der Waals surface area contributed by atoms with Crippen LogP contribution >= 0.6 is 0 Å². The number of carbonyl (C=O) groups is 1. The molecule has 14 heteroatoms. The van der Waals surface area contributed by atoms with Gasteiger partial charge in [-0.15, -0.1) is 10.2 Å². The zero-order valence-corrected chi connectivity index (χ0v) is 22.7. The van der Waals surface area contributed by atoms with Crippen LogP contribution in [0.2, 0.25) is 0 Å². The number of sulfone groups is 1. The van der Waals surface area contributed by atoms with E-state index in [4.69, 9.17) is 10.7 Å². The number of piperidine rings is 1. The molecule has 4 atom stereocenters. The number of hydrogen-bond acceptors (Lipinski definition) is 10. The van der Waals surface area contributed by atoms with Gasteiger partial charge in [-0.05, 0) is 56.6 Å². The summed E-state index contributed by atoms with van der Waals surface area (Å²) in [5.41, 5.74) is 10.5. The van der Waals surface area contributed by atoms with Crippen LogP contribution in [-0.4, -0.2) is 77.4 Å². The molecule has 0 saturated carbocycles. The third-order valence-electron chi connectivity index (χ3n) is 8.56.